The average molecular weight is 230 g/mol. The number of thioether (sulfide) groups is 1. The number of benzene rings is 1. The molecule has 15 heavy (non-hydrogen) atoms. The minimum Gasteiger partial charge on any atom is -0.507 e. The zero-order valence-corrected chi connectivity index (χ0v) is 8.97. The van der Waals surface area contributed by atoms with Gasteiger partial charge in [-0.25, -0.2) is 4.39 Å². The Morgan fingerprint density at radius 2 is 2.20 bits per heavy atom. The van der Waals surface area contributed by atoms with Crippen molar-refractivity contribution in [1.82, 2.24) is 0 Å². The lowest BCUT2D eigenvalue weighted by Gasteiger charge is -2.07. The molecule has 0 saturated heterocycles. The van der Waals surface area contributed by atoms with E-state index in [1.165, 1.54) is 12.1 Å². The molecular weight excluding hydrogens is 219 g/mol. The summed E-state index contributed by atoms with van der Waals surface area (Å²) < 4.78 is 13.6. The summed E-state index contributed by atoms with van der Waals surface area (Å²) in [6, 6.07) is 2.79. The van der Waals surface area contributed by atoms with Crippen LogP contribution in [0.4, 0.5) is 4.39 Å². The van der Waals surface area contributed by atoms with E-state index in [1.54, 1.807) is 6.26 Å². The van der Waals surface area contributed by atoms with Crippen molar-refractivity contribution in [3.63, 3.8) is 0 Å². The maximum Gasteiger partial charge on any atom is 0.303 e. The summed E-state index contributed by atoms with van der Waals surface area (Å²) in [5, 5.41) is 17.8. The maximum absolute atomic E-state index is 13.6. The molecule has 0 aromatic heterocycles. The normalized spacial score (nSPS) is 10.3. The van der Waals surface area contributed by atoms with Crippen LogP contribution in [0.25, 0.3) is 0 Å². The van der Waals surface area contributed by atoms with Gasteiger partial charge in [-0.3, -0.25) is 4.79 Å². The highest BCUT2D eigenvalue weighted by molar-refractivity contribution is 7.98. The van der Waals surface area contributed by atoms with Gasteiger partial charge in [0, 0.05) is 6.42 Å². The van der Waals surface area contributed by atoms with Crippen molar-refractivity contribution in [2.75, 3.05) is 6.26 Å². The number of carbonyl (C=O) groups is 1. The number of hydrogen-bond acceptors (Lipinski definition) is 3. The lowest BCUT2D eigenvalue weighted by Crippen LogP contribution is -2.00. The Labute approximate surface area is 90.9 Å². The molecule has 0 saturated carbocycles. The first-order chi connectivity index (χ1) is 7.06. The molecular formula is C10H11FO3S. The number of carboxylic acids is 1. The molecule has 0 atom stereocenters. The summed E-state index contributed by atoms with van der Waals surface area (Å²) in [6.45, 7) is 0. The summed E-state index contributed by atoms with van der Waals surface area (Å²) in [5.74, 6) is -1.60. The lowest BCUT2D eigenvalue weighted by molar-refractivity contribution is -0.136. The van der Waals surface area contributed by atoms with E-state index < -0.39 is 11.8 Å². The Morgan fingerprint density at radius 1 is 1.53 bits per heavy atom. The molecule has 0 amide bonds. The van der Waals surface area contributed by atoms with Gasteiger partial charge in [0.25, 0.3) is 0 Å². The van der Waals surface area contributed by atoms with Crippen LogP contribution >= 0.6 is 11.8 Å². The van der Waals surface area contributed by atoms with E-state index >= 15 is 0 Å². The van der Waals surface area contributed by atoms with E-state index in [2.05, 4.69) is 0 Å². The van der Waals surface area contributed by atoms with E-state index in [4.69, 9.17) is 5.11 Å². The van der Waals surface area contributed by atoms with Crippen LogP contribution in [0.3, 0.4) is 0 Å². The minimum atomic E-state index is -0.965. The van der Waals surface area contributed by atoms with Gasteiger partial charge < -0.3 is 10.2 Å². The fourth-order valence-corrected chi connectivity index (χ4v) is 1.80. The molecule has 0 bridgehead atoms. The number of phenols is 1. The van der Waals surface area contributed by atoms with E-state index in [0.717, 1.165) is 11.8 Å². The van der Waals surface area contributed by atoms with Crippen LogP contribution in [-0.2, 0) is 11.2 Å². The maximum atomic E-state index is 13.6. The molecule has 2 N–H and O–H groups in total. The standard InChI is InChI=1S/C10H11FO3S/c1-15-10-7(12)4-2-6(9(10)11)3-5-8(13)14/h2,4,12H,3,5H2,1H3,(H,13,14). The molecule has 0 fully saturated rings. The van der Waals surface area contributed by atoms with Crippen molar-refractivity contribution < 1.29 is 19.4 Å². The number of aryl methyl sites for hydroxylation is 1. The van der Waals surface area contributed by atoms with Gasteiger partial charge in [0.1, 0.15) is 11.6 Å². The van der Waals surface area contributed by atoms with E-state index in [0.29, 0.717) is 5.56 Å². The van der Waals surface area contributed by atoms with Gasteiger partial charge in [-0.2, -0.15) is 0 Å². The Morgan fingerprint density at radius 3 is 2.73 bits per heavy atom. The van der Waals surface area contributed by atoms with Crippen LogP contribution in [0, 0.1) is 5.82 Å². The Hall–Kier alpha value is -1.23. The third-order valence-electron chi connectivity index (χ3n) is 1.97. The first-order valence-electron chi connectivity index (χ1n) is 4.32. The second kappa shape index (κ2) is 5.02. The Bertz CT molecular complexity index is 379. The van der Waals surface area contributed by atoms with Crippen molar-refractivity contribution in [3.05, 3.63) is 23.5 Å². The quantitative estimate of drug-likeness (QED) is 0.779. The summed E-state index contributed by atoms with van der Waals surface area (Å²) >= 11 is 1.10. The Balaban J connectivity index is 2.94. The van der Waals surface area contributed by atoms with Crippen LogP contribution in [0.1, 0.15) is 12.0 Å². The van der Waals surface area contributed by atoms with Crippen LogP contribution in [0.2, 0.25) is 0 Å². The van der Waals surface area contributed by atoms with Crippen LogP contribution in [0.15, 0.2) is 17.0 Å². The molecule has 0 aliphatic carbocycles. The first kappa shape index (κ1) is 11.8. The smallest absolute Gasteiger partial charge is 0.303 e. The zero-order chi connectivity index (χ0) is 11.4. The molecule has 0 unspecified atom stereocenters. The summed E-state index contributed by atoms with van der Waals surface area (Å²) in [6.07, 6.45) is 1.67. The monoisotopic (exact) mass is 230 g/mol. The van der Waals surface area contributed by atoms with Crippen molar-refractivity contribution in [3.8, 4) is 5.75 Å². The largest absolute Gasteiger partial charge is 0.507 e. The van der Waals surface area contributed by atoms with Crippen LogP contribution in [0.5, 0.6) is 5.75 Å². The average Bonchev–Trinajstić information content (AvgIpc) is 2.17. The van der Waals surface area contributed by atoms with Crippen LogP contribution < -0.4 is 0 Å². The molecule has 0 radical (unpaired) electrons. The van der Waals surface area contributed by atoms with E-state index in [-0.39, 0.29) is 23.5 Å². The van der Waals surface area contributed by atoms with Gasteiger partial charge in [0.05, 0.1) is 4.90 Å². The van der Waals surface area contributed by atoms with Gasteiger partial charge in [-0.05, 0) is 24.3 Å². The molecule has 0 heterocycles. The number of carboxylic acid groups (broad SMARTS) is 1. The van der Waals surface area contributed by atoms with Gasteiger partial charge >= 0.3 is 5.97 Å². The fraction of sp³-hybridized carbons (Fsp3) is 0.300. The second-order valence-corrected chi connectivity index (χ2v) is 3.80. The van der Waals surface area contributed by atoms with Crippen molar-refractivity contribution in [2.45, 2.75) is 17.7 Å². The minimum absolute atomic E-state index is 0.112. The number of aliphatic carboxylic acids is 1. The number of phenolic OH excluding ortho intramolecular Hbond substituents is 1. The molecule has 0 aliphatic rings. The molecule has 82 valence electrons. The number of aromatic hydroxyl groups is 1. The predicted octanol–water partition coefficient (Wildman–Crippen LogP) is 2.27. The molecule has 5 heteroatoms. The zero-order valence-electron chi connectivity index (χ0n) is 8.16. The number of hydrogen-bond donors (Lipinski definition) is 2. The highest BCUT2D eigenvalue weighted by atomic mass is 32.2. The van der Waals surface area contributed by atoms with Gasteiger partial charge in [-0.15, -0.1) is 11.8 Å². The van der Waals surface area contributed by atoms with Crippen molar-refractivity contribution >= 4 is 17.7 Å². The topological polar surface area (TPSA) is 57.5 Å². The summed E-state index contributed by atoms with van der Waals surface area (Å²) in [7, 11) is 0. The fourth-order valence-electron chi connectivity index (χ4n) is 1.22. The van der Waals surface area contributed by atoms with Crippen molar-refractivity contribution in [1.29, 1.82) is 0 Å². The van der Waals surface area contributed by atoms with Gasteiger partial charge in [0.15, 0.2) is 0 Å². The van der Waals surface area contributed by atoms with Crippen molar-refractivity contribution in [2.24, 2.45) is 0 Å². The lowest BCUT2D eigenvalue weighted by atomic mass is 10.1. The molecule has 1 aromatic carbocycles. The molecule has 1 rings (SSSR count). The number of halogens is 1. The van der Waals surface area contributed by atoms with E-state index in [9.17, 15) is 14.3 Å². The first-order valence-corrected chi connectivity index (χ1v) is 5.55. The SMILES string of the molecule is CSc1c(O)ccc(CCC(=O)O)c1F. The molecule has 3 nitrogen and oxygen atoms in total. The molecule has 1 aromatic rings. The van der Waals surface area contributed by atoms with E-state index in [1.807, 2.05) is 0 Å². The highest BCUT2D eigenvalue weighted by Gasteiger charge is 2.12. The second-order valence-electron chi connectivity index (χ2n) is 2.98. The highest BCUT2D eigenvalue weighted by Crippen LogP contribution is 2.31. The Kier molecular flexibility index (Phi) is 3.96. The summed E-state index contributed by atoms with van der Waals surface area (Å²) in [4.78, 5) is 10.5. The third kappa shape index (κ3) is 2.86. The van der Waals surface area contributed by atoms with Gasteiger partial charge in [0.2, 0.25) is 0 Å². The number of rotatable bonds is 4. The summed E-state index contributed by atoms with van der Waals surface area (Å²) in [5.41, 5.74) is 0.319. The predicted molar refractivity (Wildman–Crippen MR) is 55.8 cm³/mol. The molecule has 0 aliphatic heterocycles. The molecule has 0 spiro atoms. The van der Waals surface area contributed by atoms with Gasteiger partial charge in [-0.1, -0.05) is 6.07 Å². The third-order valence-corrected chi connectivity index (χ3v) is 2.77. The van der Waals surface area contributed by atoms with Crippen LogP contribution in [-0.4, -0.2) is 22.4 Å².